The quantitative estimate of drug-likeness (QED) is 0.917. The third kappa shape index (κ3) is 2.97. The van der Waals surface area contributed by atoms with Crippen molar-refractivity contribution in [1.82, 2.24) is 25.5 Å². The van der Waals surface area contributed by atoms with E-state index in [1.165, 1.54) is 30.4 Å². The van der Waals surface area contributed by atoms with Gasteiger partial charge in [0.25, 0.3) is 0 Å². The molecule has 5 heteroatoms. The van der Waals surface area contributed by atoms with Crippen LogP contribution in [0.2, 0.25) is 0 Å². The molecule has 1 aliphatic carbocycles. The summed E-state index contributed by atoms with van der Waals surface area (Å²) < 4.78 is 1.86. The van der Waals surface area contributed by atoms with E-state index in [9.17, 15) is 0 Å². The smallest absolute Gasteiger partial charge is 0.173 e. The number of tetrazole rings is 1. The second-order valence-corrected chi connectivity index (χ2v) is 6.28. The van der Waals surface area contributed by atoms with E-state index in [4.69, 9.17) is 0 Å². The zero-order valence-corrected chi connectivity index (χ0v) is 13.0. The Morgan fingerprint density at radius 2 is 2.00 bits per heavy atom. The van der Waals surface area contributed by atoms with Gasteiger partial charge >= 0.3 is 0 Å². The molecule has 0 bridgehead atoms. The minimum absolute atomic E-state index is 0.135. The van der Waals surface area contributed by atoms with Crippen molar-refractivity contribution in [3.05, 3.63) is 35.2 Å². The molecule has 0 saturated carbocycles. The Kier molecular flexibility index (Phi) is 4.01. The molecule has 5 nitrogen and oxygen atoms in total. The Morgan fingerprint density at radius 1 is 1.19 bits per heavy atom. The zero-order chi connectivity index (χ0) is 14.8. The number of fused-ring (bicyclic) bond motifs is 1. The lowest BCUT2D eigenvalue weighted by Crippen LogP contribution is -2.25. The fraction of sp³-hybridized carbons (Fsp3) is 0.562. The third-order valence-electron chi connectivity index (χ3n) is 4.04. The number of hydrogen-bond donors (Lipinski definition) is 1. The maximum absolute atomic E-state index is 4.20. The molecule has 1 atom stereocenters. The van der Waals surface area contributed by atoms with Crippen LogP contribution in [-0.2, 0) is 12.8 Å². The Morgan fingerprint density at radius 3 is 2.81 bits per heavy atom. The first-order valence-electron chi connectivity index (χ1n) is 7.79. The highest BCUT2D eigenvalue weighted by molar-refractivity contribution is 5.42. The Hall–Kier alpha value is -1.75. The van der Waals surface area contributed by atoms with Crippen molar-refractivity contribution >= 4 is 0 Å². The summed E-state index contributed by atoms with van der Waals surface area (Å²) in [7, 11) is 0. The van der Waals surface area contributed by atoms with Crippen LogP contribution in [0.15, 0.2) is 18.2 Å². The minimum atomic E-state index is 0.135. The fourth-order valence-electron chi connectivity index (χ4n) is 2.84. The maximum Gasteiger partial charge on any atom is 0.173 e. The summed E-state index contributed by atoms with van der Waals surface area (Å²) in [6, 6.07) is 6.71. The van der Waals surface area contributed by atoms with Gasteiger partial charge in [-0.3, -0.25) is 0 Å². The van der Waals surface area contributed by atoms with E-state index >= 15 is 0 Å². The average Bonchev–Trinajstić information content (AvgIpc) is 3.12. The minimum Gasteiger partial charge on any atom is -0.307 e. The predicted octanol–water partition coefficient (Wildman–Crippen LogP) is 2.46. The van der Waals surface area contributed by atoms with E-state index < -0.39 is 0 Å². The number of benzene rings is 1. The Labute approximate surface area is 125 Å². The van der Waals surface area contributed by atoms with Crippen molar-refractivity contribution in [3.63, 3.8) is 0 Å². The molecule has 1 N–H and O–H groups in total. The fourth-order valence-corrected chi connectivity index (χ4v) is 2.84. The molecule has 0 saturated heterocycles. The number of hydrogen-bond acceptors (Lipinski definition) is 4. The van der Waals surface area contributed by atoms with E-state index in [1.54, 1.807) is 0 Å². The highest BCUT2D eigenvalue weighted by Crippen LogP contribution is 2.25. The summed E-state index contributed by atoms with van der Waals surface area (Å²) in [4.78, 5) is 0. The molecule has 0 amide bonds. The van der Waals surface area contributed by atoms with Crippen molar-refractivity contribution in [1.29, 1.82) is 0 Å². The monoisotopic (exact) mass is 285 g/mol. The highest BCUT2D eigenvalue weighted by atomic mass is 15.5. The molecule has 0 radical (unpaired) electrons. The van der Waals surface area contributed by atoms with Gasteiger partial charge in [0.1, 0.15) is 0 Å². The lowest BCUT2D eigenvalue weighted by Gasteiger charge is -2.15. The summed E-state index contributed by atoms with van der Waals surface area (Å²) in [6.07, 6.45) is 3.62. The first kappa shape index (κ1) is 14.2. The molecule has 0 fully saturated rings. The first-order chi connectivity index (χ1) is 10.1. The Balaban J connectivity index is 1.85. The molecule has 1 unspecified atom stereocenters. The first-order valence-corrected chi connectivity index (χ1v) is 7.79. The van der Waals surface area contributed by atoms with E-state index in [-0.39, 0.29) is 6.04 Å². The molecular formula is C16H23N5. The summed E-state index contributed by atoms with van der Waals surface area (Å²) in [5.41, 5.74) is 3.98. The number of nitrogens with zero attached hydrogens (tertiary/aromatic N) is 4. The lowest BCUT2D eigenvalue weighted by atomic mass is 10.1. The maximum atomic E-state index is 4.20. The van der Waals surface area contributed by atoms with Gasteiger partial charge in [-0.1, -0.05) is 19.9 Å². The second kappa shape index (κ2) is 5.93. The SMILES string of the molecule is CC(C)CNC(C)c1nnnn1-c1ccc2c(c1)CCC2. The van der Waals surface area contributed by atoms with Crippen LogP contribution in [0.25, 0.3) is 5.69 Å². The van der Waals surface area contributed by atoms with Gasteiger partial charge in [0.2, 0.25) is 0 Å². The molecule has 112 valence electrons. The predicted molar refractivity (Wildman–Crippen MR) is 82.4 cm³/mol. The van der Waals surface area contributed by atoms with E-state index in [0.717, 1.165) is 18.1 Å². The normalized spacial score (nSPS) is 15.4. The topological polar surface area (TPSA) is 55.6 Å². The van der Waals surface area contributed by atoms with Crippen molar-refractivity contribution in [2.24, 2.45) is 5.92 Å². The standard InChI is InChI=1S/C16H23N5/c1-11(2)10-17-12(3)16-18-19-20-21(16)15-8-7-13-5-4-6-14(13)9-15/h7-9,11-12,17H,4-6,10H2,1-3H3. The summed E-state index contributed by atoms with van der Waals surface area (Å²) in [5.74, 6) is 1.48. The molecule has 21 heavy (non-hydrogen) atoms. The number of nitrogens with one attached hydrogen (secondary N) is 1. The van der Waals surface area contributed by atoms with Crippen LogP contribution in [0.1, 0.15) is 50.2 Å². The van der Waals surface area contributed by atoms with E-state index in [1.807, 2.05) is 4.68 Å². The van der Waals surface area contributed by atoms with Gasteiger partial charge in [0, 0.05) is 0 Å². The van der Waals surface area contributed by atoms with Crippen LogP contribution in [0.3, 0.4) is 0 Å². The van der Waals surface area contributed by atoms with Crippen LogP contribution in [-0.4, -0.2) is 26.8 Å². The average molecular weight is 285 g/mol. The number of rotatable bonds is 5. The van der Waals surface area contributed by atoms with E-state index in [0.29, 0.717) is 5.92 Å². The summed E-state index contributed by atoms with van der Waals surface area (Å²) >= 11 is 0. The summed E-state index contributed by atoms with van der Waals surface area (Å²) in [5, 5.41) is 15.7. The van der Waals surface area contributed by atoms with Gasteiger partial charge < -0.3 is 5.32 Å². The van der Waals surface area contributed by atoms with Gasteiger partial charge in [0.05, 0.1) is 11.7 Å². The van der Waals surface area contributed by atoms with Crippen LogP contribution in [0, 0.1) is 5.92 Å². The molecule has 0 spiro atoms. The van der Waals surface area contributed by atoms with E-state index in [2.05, 4.69) is 59.8 Å². The third-order valence-corrected chi connectivity index (χ3v) is 4.04. The Bertz CT molecular complexity index is 617. The second-order valence-electron chi connectivity index (χ2n) is 6.28. The largest absolute Gasteiger partial charge is 0.307 e. The van der Waals surface area contributed by atoms with Crippen LogP contribution in [0.5, 0.6) is 0 Å². The lowest BCUT2D eigenvalue weighted by molar-refractivity contribution is 0.475. The van der Waals surface area contributed by atoms with Crippen molar-refractivity contribution in [2.75, 3.05) is 6.54 Å². The zero-order valence-electron chi connectivity index (χ0n) is 13.0. The molecule has 2 aromatic rings. The molecule has 3 rings (SSSR count). The van der Waals surface area contributed by atoms with Crippen molar-refractivity contribution < 1.29 is 0 Å². The number of aryl methyl sites for hydroxylation is 2. The van der Waals surface area contributed by atoms with Crippen molar-refractivity contribution in [3.8, 4) is 5.69 Å². The molecule has 1 aromatic carbocycles. The highest BCUT2D eigenvalue weighted by Gasteiger charge is 2.17. The van der Waals surface area contributed by atoms with Gasteiger partial charge in [0.15, 0.2) is 5.82 Å². The molecule has 0 aliphatic heterocycles. The van der Waals surface area contributed by atoms with Gasteiger partial charge in [-0.2, -0.15) is 4.68 Å². The van der Waals surface area contributed by atoms with Gasteiger partial charge in [-0.25, -0.2) is 0 Å². The van der Waals surface area contributed by atoms with Crippen LogP contribution in [0.4, 0.5) is 0 Å². The molecule has 1 aromatic heterocycles. The van der Waals surface area contributed by atoms with Crippen molar-refractivity contribution in [2.45, 2.75) is 46.1 Å². The molecule has 1 heterocycles. The van der Waals surface area contributed by atoms with Crippen LogP contribution >= 0.6 is 0 Å². The number of aromatic nitrogens is 4. The molecular weight excluding hydrogens is 262 g/mol. The van der Waals surface area contributed by atoms with Gasteiger partial charge in [-0.05, 0) is 72.3 Å². The summed E-state index contributed by atoms with van der Waals surface area (Å²) in [6.45, 7) is 7.46. The van der Waals surface area contributed by atoms with Gasteiger partial charge in [-0.15, -0.1) is 5.10 Å². The molecule has 1 aliphatic rings. The van der Waals surface area contributed by atoms with Crippen LogP contribution < -0.4 is 5.32 Å².